The van der Waals surface area contributed by atoms with Gasteiger partial charge in [0.1, 0.15) is 6.26 Å². The van der Waals surface area contributed by atoms with Crippen molar-refractivity contribution in [3.63, 3.8) is 0 Å². The van der Waals surface area contributed by atoms with Crippen LogP contribution in [0.25, 0.3) is 0 Å². The molecule has 1 aliphatic rings. The van der Waals surface area contributed by atoms with Gasteiger partial charge in [-0.2, -0.15) is 0 Å². The molecule has 2 nitrogen and oxygen atoms in total. The molecule has 0 unspecified atom stereocenters. The van der Waals surface area contributed by atoms with Crippen molar-refractivity contribution in [2.24, 2.45) is 0 Å². The second-order valence-corrected chi connectivity index (χ2v) is 3.19. The Morgan fingerprint density at radius 3 is 3.10 bits per heavy atom. The molecule has 2 rings (SSSR count). The summed E-state index contributed by atoms with van der Waals surface area (Å²) in [4.78, 5) is 0. The molecule has 0 aliphatic heterocycles. The molecule has 0 aromatic carbocycles. The van der Waals surface area contributed by atoms with Gasteiger partial charge in [-0.3, -0.25) is 0 Å². The largest absolute Gasteiger partial charge is 0.364 e. The van der Waals surface area contributed by atoms with Gasteiger partial charge in [-0.25, -0.2) is 0 Å². The van der Waals surface area contributed by atoms with Crippen LogP contribution in [0.2, 0.25) is 0 Å². The van der Waals surface area contributed by atoms with Crippen LogP contribution in [0, 0.1) is 0 Å². The molecule has 0 spiro atoms. The van der Waals surface area contributed by atoms with Crippen LogP contribution in [0.1, 0.15) is 30.0 Å². The third-order valence-electron chi connectivity index (χ3n) is 1.82. The van der Waals surface area contributed by atoms with Gasteiger partial charge >= 0.3 is 0 Å². The Balaban J connectivity index is 2.28. The minimum Gasteiger partial charge on any atom is -0.364 e. The number of alkyl halides is 1. The first-order valence-electron chi connectivity index (χ1n) is 3.41. The lowest BCUT2D eigenvalue weighted by molar-refractivity contribution is 0.414. The zero-order valence-electron chi connectivity index (χ0n) is 5.51. The maximum Gasteiger partial charge on any atom is 0.127 e. The third-order valence-corrected chi connectivity index (χ3v) is 2.35. The Labute approximate surface area is 67.7 Å². The maximum atomic E-state index is 4.86. The third kappa shape index (κ3) is 0.985. The molecule has 0 N–H and O–H groups in total. The van der Waals surface area contributed by atoms with Crippen molar-refractivity contribution in [3.05, 3.63) is 17.5 Å². The number of halogens is 1. The van der Waals surface area contributed by atoms with Gasteiger partial charge in [0.2, 0.25) is 0 Å². The molecule has 1 fully saturated rings. The highest BCUT2D eigenvalue weighted by molar-refractivity contribution is 9.08. The first kappa shape index (κ1) is 6.40. The van der Waals surface area contributed by atoms with E-state index in [1.807, 2.05) is 0 Å². The first-order valence-corrected chi connectivity index (χ1v) is 4.53. The van der Waals surface area contributed by atoms with Crippen molar-refractivity contribution in [3.8, 4) is 0 Å². The Bertz CT molecular complexity index is 229. The van der Waals surface area contributed by atoms with Crippen LogP contribution >= 0.6 is 15.9 Å². The second kappa shape index (κ2) is 2.38. The van der Waals surface area contributed by atoms with E-state index >= 15 is 0 Å². The smallest absolute Gasteiger partial charge is 0.127 e. The summed E-state index contributed by atoms with van der Waals surface area (Å²) >= 11 is 3.36. The lowest BCUT2D eigenvalue weighted by Gasteiger charge is -1.89. The van der Waals surface area contributed by atoms with Crippen LogP contribution in [-0.2, 0) is 5.33 Å². The molecular weight excluding hydrogens is 194 g/mol. The molecule has 0 radical (unpaired) electrons. The van der Waals surface area contributed by atoms with E-state index in [4.69, 9.17) is 4.52 Å². The molecule has 0 atom stereocenters. The Morgan fingerprint density at radius 1 is 1.70 bits per heavy atom. The van der Waals surface area contributed by atoms with E-state index in [9.17, 15) is 0 Å². The summed E-state index contributed by atoms with van der Waals surface area (Å²) in [7, 11) is 0. The van der Waals surface area contributed by atoms with Gasteiger partial charge in [0.15, 0.2) is 0 Å². The van der Waals surface area contributed by atoms with E-state index in [1.54, 1.807) is 6.26 Å². The van der Waals surface area contributed by atoms with Crippen LogP contribution in [-0.4, -0.2) is 5.16 Å². The lowest BCUT2D eigenvalue weighted by Crippen LogP contribution is -1.83. The number of aromatic nitrogens is 1. The van der Waals surface area contributed by atoms with Crippen LogP contribution in [0.3, 0.4) is 0 Å². The van der Waals surface area contributed by atoms with Gasteiger partial charge in [0, 0.05) is 10.9 Å². The Morgan fingerprint density at radius 2 is 2.50 bits per heavy atom. The molecule has 1 saturated carbocycles. The van der Waals surface area contributed by atoms with Crippen LogP contribution < -0.4 is 0 Å². The van der Waals surface area contributed by atoms with Crippen molar-refractivity contribution in [1.82, 2.24) is 5.16 Å². The van der Waals surface area contributed by atoms with Crippen LogP contribution in [0.15, 0.2) is 10.8 Å². The minimum absolute atomic E-state index is 0.749. The highest BCUT2D eigenvalue weighted by atomic mass is 79.9. The van der Waals surface area contributed by atoms with Gasteiger partial charge in [-0.15, -0.1) is 0 Å². The summed E-state index contributed by atoms with van der Waals surface area (Å²) in [5, 5.41) is 4.69. The predicted molar refractivity (Wildman–Crippen MR) is 41.1 cm³/mol. The van der Waals surface area contributed by atoms with Gasteiger partial charge in [0.25, 0.3) is 0 Å². The summed E-state index contributed by atoms with van der Waals surface area (Å²) in [6.45, 7) is 0. The molecule has 54 valence electrons. The van der Waals surface area contributed by atoms with E-state index < -0.39 is 0 Å². The molecule has 1 heterocycles. The van der Waals surface area contributed by atoms with Gasteiger partial charge in [-0.05, 0) is 18.8 Å². The Hall–Kier alpha value is -0.310. The predicted octanol–water partition coefficient (Wildman–Crippen LogP) is 2.45. The quantitative estimate of drug-likeness (QED) is 0.688. The SMILES string of the molecule is BrCc1nocc1C1CC1. The van der Waals surface area contributed by atoms with Crippen molar-refractivity contribution >= 4 is 15.9 Å². The summed E-state index contributed by atoms with van der Waals surface area (Å²) in [5.41, 5.74) is 2.37. The van der Waals surface area contributed by atoms with Crippen molar-refractivity contribution in [1.29, 1.82) is 0 Å². The van der Waals surface area contributed by atoms with Gasteiger partial charge in [0.05, 0.1) is 5.69 Å². The van der Waals surface area contributed by atoms with Crippen molar-refractivity contribution in [2.75, 3.05) is 0 Å². The monoisotopic (exact) mass is 201 g/mol. The van der Waals surface area contributed by atoms with Gasteiger partial charge < -0.3 is 4.52 Å². The van der Waals surface area contributed by atoms with E-state index in [1.165, 1.54) is 18.4 Å². The van der Waals surface area contributed by atoms with Crippen LogP contribution in [0.5, 0.6) is 0 Å². The van der Waals surface area contributed by atoms with Gasteiger partial charge in [-0.1, -0.05) is 21.1 Å². The van der Waals surface area contributed by atoms with E-state index in [0.717, 1.165) is 16.9 Å². The van der Waals surface area contributed by atoms with E-state index in [0.29, 0.717) is 0 Å². The van der Waals surface area contributed by atoms with E-state index in [-0.39, 0.29) is 0 Å². The fourth-order valence-corrected chi connectivity index (χ4v) is 1.52. The normalized spacial score (nSPS) is 17.7. The maximum absolute atomic E-state index is 4.86. The summed E-state index contributed by atoms with van der Waals surface area (Å²) in [6.07, 6.45) is 4.39. The number of hydrogen-bond acceptors (Lipinski definition) is 2. The molecule has 10 heavy (non-hydrogen) atoms. The van der Waals surface area contributed by atoms with Crippen LogP contribution in [0.4, 0.5) is 0 Å². The highest BCUT2D eigenvalue weighted by Crippen LogP contribution is 2.41. The topological polar surface area (TPSA) is 26.0 Å². The second-order valence-electron chi connectivity index (χ2n) is 2.62. The molecule has 1 aromatic heterocycles. The van der Waals surface area contributed by atoms with E-state index in [2.05, 4.69) is 21.1 Å². The fraction of sp³-hybridized carbons (Fsp3) is 0.571. The standard InChI is InChI=1S/C7H8BrNO/c8-3-7-6(4-10-9-7)5-1-2-5/h4-5H,1-3H2. The molecule has 3 heteroatoms. The number of nitrogens with zero attached hydrogens (tertiary/aromatic N) is 1. The average Bonchev–Trinajstić information content (AvgIpc) is 2.69. The summed E-state index contributed by atoms with van der Waals surface area (Å²) in [6, 6.07) is 0. The molecule has 1 aromatic rings. The zero-order valence-corrected chi connectivity index (χ0v) is 7.10. The zero-order chi connectivity index (χ0) is 6.97. The fourth-order valence-electron chi connectivity index (χ4n) is 1.10. The van der Waals surface area contributed by atoms with Crippen molar-refractivity contribution < 1.29 is 4.52 Å². The average molecular weight is 202 g/mol. The minimum atomic E-state index is 0.749. The molecular formula is C7H8BrNO. The Kier molecular flexibility index (Phi) is 1.52. The molecule has 0 bridgehead atoms. The molecule has 0 amide bonds. The summed E-state index contributed by atoms with van der Waals surface area (Å²) in [5.74, 6) is 0.749. The molecule has 0 saturated heterocycles. The van der Waals surface area contributed by atoms with Crippen molar-refractivity contribution in [2.45, 2.75) is 24.1 Å². The lowest BCUT2D eigenvalue weighted by atomic mass is 10.2. The summed E-state index contributed by atoms with van der Waals surface area (Å²) < 4.78 is 4.86. The first-order chi connectivity index (χ1) is 4.92. The number of hydrogen-bond donors (Lipinski definition) is 0. The highest BCUT2D eigenvalue weighted by Gasteiger charge is 2.27. The molecule has 1 aliphatic carbocycles. The number of rotatable bonds is 2.